The van der Waals surface area contributed by atoms with Crippen LogP contribution in [0.4, 0.5) is 4.39 Å². The molecule has 0 N–H and O–H groups in total. The predicted octanol–water partition coefficient (Wildman–Crippen LogP) is 4.28. The fourth-order valence-corrected chi connectivity index (χ4v) is 3.01. The highest BCUT2D eigenvalue weighted by atomic mass is 35.5. The molecule has 2 aromatic heterocycles. The van der Waals surface area contributed by atoms with Gasteiger partial charge in [-0.2, -0.15) is 0 Å². The van der Waals surface area contributed by atoms with Crippen LogP contribution in [0.1, 0.15) is 11.3 Å². The molecule has 0 bridgehead atoms. The highest BCUT2D eigenvalue weighted by Crippen LogP contribution is 2.22. The Morgan fingerprint density at radius 2 is 2.17 bits per heavy atom. The van der Waals surface area contributed by atoms with Crippen molar-refractivity contribution in [3.05, 3.63) is 70.1 Å². The Morgan fingerprint density at radius 3 is 2.92 bits per heavy atom. The van der Waals surface area contributed by atoms with E-state index in [1.54, 1.807) is 11.6 Å². The number of benzene rings is 1. The van der Waals surface area contributed by atoms with Crippen molar-refractivity contribution in [3.8, 4) is 10.7 Å². The molecule has 3 rings (SSSR count). The van der Waals surface area contributed by atoms with Gasteiger partial charge in [0.05, 0.1) is 22.8 Å². The highest BCUT2D eigenvalue weighted by molar-refractivity contribution is 7.13. The third-order valence-electron chi connectivity index (χ3n) is 3.16. The van der Waals surface area contributed by atoms with Crippen LogP contribution in [0, 0.1) is 5.82 Å². The first-order valence-corrected chi connectivity index (χ1v) is 8.33. The van der Waals surface area contributed by atoms with E-state index in [1.165, 1.54) is 29.5 Å². The molecule has 2 heterocycles. The largest absolute Gasteiger partial charge is 0.460 e. The molecule has 0 aliphatic carbocycles. The molecule has 0 amide bonds. The van der Waals surface area contributed by atoms with Gasteiger partial charge in [-0.15, -0.1) is 11.3 Å². The van der Waals surface area contributed by atoms with Crippen LogP contribution in [0.25, 0.3) is 10.7 Å². The van der Waals surface area contributed by atoms with Crippen LogP contribution in [0.5, 0.6) is 0 Å². The van der Waals surface area contributed by atoms with Gasteiger partial charge in [-0.25, -0.2) is 9.37 Å². The van der Waals surface area contributed by atoms with E-state index in [-0.39, 0.29) is 18.1 Å². The maximum absolute atomic E-state index is 13.0. The molecule has 0 aliphatic rings. The number of carbonyl (C=O) groups excluding carboxylic acids is 1. The normalized spacial score (nSPS) is 10.6. The number of carbonyl (C=O) groups is 1. The average Bonchev–Trinajstić information content (AvgIpc) is 3.03. The topological polar surface area (TPSA) is 52.1 Å². The molecule has 4 nitrogen and oxygen atoms in total. The summed E-state index contributed by atoms with van der Waals surface area (Å²) in [6.45, 7) is -0.00478. The van der Waals surface area contributed by atoms with E-state index in [4.69, 9.17) is 16.3 Å². The quantitative estimate of drug-likeness (QED) is 0.635. The summed E-state index contributed by atoms with van der Waals surface area (Å²) in [5.74, 6) is -0.854. The van der Waals surface area contributed by atoms with Gasteiger partial charge >= 0.3 is 5.97 Å². The SMILES string of the molecule is O=C(Cc1csc(-c2ccccn2)n1)OCc1ccc(F)cc1Cl. The van der Waals surface area contributed by atoms with E-state index in [2.05, 4.69) is 9.97 Å². The molecule has 0 saturated heterocycles. The van der Waals surface area contributed by atoms with Gasteiger partial charge in [-0.05, 0) is 24.3 Å². The van der Waals surface area contributed by atoms with Gasteiger partial charge in [-0.3, -0.25) is 9.78 Å². The van der Waals surface area contributed by atoms with Crippen molar-refractivity contribution in [1.29, 1.82) is 0 Å². The second-order valence-electron chi connectivity index (χ2n) is 4.93. The summed E-state index contributed by atoms with van der Waals surface area (Å²) in [6, 6.07) is 9.52. The number of pyridine rings is 1. The van der Waals surface area contributed by atoms with Crippen LogP contribution in [0.3, 0.4) is 0 Å². The summed E-state index contributed by atoms with van der Waals surface area (Å²) in [7, 11) is 0. The summed E-state index contributed by atoms with van der Waals surface area (Å²) in [4.78, 5) is 20.5. The lowest BCUT2D eigenvalue weighted by molar-refractivity contribution is -0.144. The standard InChI is InChI=1S/C17H12ClFN2O2S/c18-14-7-12(19)5-4-11(14)9-23-16(22)8-13-10-24-17(21-13)15-3-1-2-6-20-15/h1-7,10H,8-9H2. The first-order chi connectivity index (χ1) is 11.6. The van der Waals surface area contributed by atoms with Crippen LogP contribution in [-0.4, -0.2) is 15.9 Å². The lowest BCUT2D eigenvalue weighted by atomic mass is 10.2. The van der Waals surface area contributed by atoms with Gasteiger partial charge in [0.15, 0.2) is 0 Å². The molecule has 122 valence electrons. The zero-order chi connectivity index (χ0) is 16.9. The van der Waals surface area contributed by atoms with Crippen molar-refractivity contribution in [2.75, 3.05) is 0 Å². The molecule has 0 fully saturated rings. The van der Waals surface area contributed by atoms with Gasteiger partial charge in [-0.1, -0.05) is 23.7 Å². The molecule has 24 heavy (non-hydrogen) atoms. The van der Waals surface area contributed by atoms with Crippen LogP contribution in [-0.2, 0) is 22.6 Å². The molecular weight excluding hydrogens is 351 g/mol. The zero-order valence-corrected chi connectivity index (χ0v) is 14.0. The highest BCUT2D eigenvalue weighted by Gasteiger charge is 2.12. The third-order valence-corrected chi connectivity index (χ3v) is 4.43. The Kier molecular flexibility index (Phi) is 5.17. The van der Waals surface area contributed by atoms with Crippen molar-refractivity contribution in [2.45, 2.75) is 13.0 Å². The van der Waals surface area contributed by atoms with Crippen LogP contribution < -0.4 is 0 Å². The smallest absolute Gasteiger partial charge is 0.312 e. The van der Waals surface area contributed by atoms with Crippen molar-refractivity contribution >= 4 is 28.9 Å². The Morgan fingerprint density at radius 1 is 1.29 bits per heavy atom. The molecule has 0 aliphatic heterocycles. The van der Waals surface area contributed by atoms with E-state index in [0.29, 0.717) is 11.3 Å². The Hall–Kier alpha value is -2.31. The minimum absolute atomic E-state index is 0.00478. The summed E-state index contributed by atoms with van der Waals surface area (Å²) in [5.41, 5.74) is 1.94. The van der Waals surface area contributed by atoms with Gasteiger partial charge in [0.1, 0.15) is 17.4 Å². The van der Waals surface area contributed by atoms with Gasteiger partial charge < -0.3 is 4.74 Å². The fraction of sp³-hybridized carbons (Fsp3) is 0.118. The molecule has 0 spiro atoms. The van der Waals surface area contributed by atoms with E-state index in [9.17, 15) is 9.18 Å². The maximum atomic E-state index is 13.0. The molecule has 0 atom stereocenters. The fourth-order valence-electron chi connectivity index (χ4n) is 1.99. The molecule has 0 radical (unpaired) electrons. The van der Waals surface area contributed by atoms with Crippen molar-refractivity contribution in [1.82, 2.24) is 9.97 Å². The predicted molar refractivity (Wildman–Crippen MR) is 90.3 cm³/mol. The van der Waals surface area contributed by atoms with E-state index in [0.717, 1.165) is 10.7 Å². The third kappa shape index (κ3) is 4.15. The molecule has 0 saturated carbocycles. The monoisotopic (exact) mass is 362 g/mol. The summed E-state index contributed by atoms with van der Waals surface area (Å²) >= 11 is 7.31. The second kappa shape index (κ2) is 7.51. The van der Waals surface area contributed by atoms with Crippen molar-refractivity contribution < 1.29 is 13.9 Å². The van der Waals surface area contributed by atoms with Crippen LogP contribution in [0.2, 0.25) is 5.02 Å². The number of ether oxygens (including phenoxy) is 1. The van der Waals surface area contributed by atoms with E-state index >= 15 is 0 Å². The number of thiazole rings is 1. The first-order valence-electron chi connectivity index (χ1n) is 7.07. The van der Waals surface area contributed by atoms with Gasteiger partial charge in [0, 0.05) is 17.1 Å². The molecule has 1 aromatic carbocycles. The van der Waals surface area contributed by atoms with Crippen LogP contribution >= 0.6 is 22.9 Å². The number of hydrogen-bond donors (Lipinski definition) is 0. The lowest BCUT2D eigenvalue weighted by Crippen LogP contribution is -2.08. The molecular formula is C17H12ClFN2O2S. The number of aromatic nitrogens is 2. The lowest BCUT2D eigenvalue weighted by Gasteiger charge is -2.06. The number of hydrogen-bond acceptors (Lipinski definition) is 5. The summed E-state index contributed by atoms with van der Waals surface area (Å²) in [6.07, 6.45) is 1.75. The van der Waals surface area contributed by atoms with Gasteiger partial charge in [0.2, 0.25) is 0 Å². The second-order valence-corrected chi connectivity index (χ2v) is 6.20. The van der Waals surface area contributed by atoms with Crippen LogP contribution in [0.15, 0.2) is 48.0 Å². The first kappa shape index (κ1) is 16.5. The van der Waals surface area contributed by atoms with Crippen molar-refractivity contribution in [2.24, 2.45) is 0 Å². The average molecular weight is 363 g/mol. The zero-order valence-electron chi connectivity index (χ0n) is 12.4. The number of nitrogens with zero attached hydrogens (tertiary/aromatic N) is 2. The maximum Gasteiger partial charge on any atom is 0.312 e. The number of halogens is 2. The summed E-state index contributed by atoms with van der Waals surface area (Å²) < 4.78 is 18.1. The van der Waals surface area contributed by atoms with E-state index in [1.807, 2.05) is 18.2 Å². The minimum Gasteiger partial charge on any atom is -0.460 e. The molecule has 3 aromatic rings. The van der Waals surface area contributed by atoms with E-state index < -0.39 is 11.8 Å². The van der Waals surface area contributed by atoms with Crippen molar-refractivity contribution in [3.63, 3.8) is 0 Å². The molecule has 7 heteroatoms. The Labute approximate surface area is 146 Å². The van der Waals surface area contributed by atoms with Gasteiger partial charge in [0.25, 0.3) is 0 Å². The Balaban J connectivity index is 1.58. The number of esters is 1. The Bertz CT molecular complexity index is 855. The molecule has 0 unspecified atom stereocenters. The summed E-state index contributed by atoms with van der Waals surface area (Å²) in [5, 5.41) is 2.78. The number of rotatable bonds is 5. The minimum atomic E-state index is -0.431.